The van der Waals surface area contributed by atoms with Crippen molar-refractivity contribution in [1.29, 1.82) is 0 Å². The Morgan fingerprint density at radius 2 is 2.44 bits per heavy atom. The molecule has 0 unspecified atom stereocenters. The Kier molecular flexibility index (Phi) is 1.69. The van der Waals surface area contributed by atoms with Crippen LogP contribution in [0.3, 0.4) is 0 Å². The predicted octanol–water partition coefficient (Wildman–Crippen LogP) is -0.652. The Morgan fingerprint density at radius 1 is 1.67 bits per heavy atom. The topological polar surface area (TPSA) is 74.8 Å². The molecule has 0 aliphatic heterocycles. The molecular weight excluding hydrogens is 142 g/mol. The van der Waals surface area contributed by atoms with Crippen LogP contribution in [-0.4, -0.2) is 18.4 Å². The molecule has 0 saturated heterocycles. The predicted molar refractivity (Wildman–Crippen MR) is 32.5 cm³/mol. The largest absolute Gasteiger partial charge is 0.330 e. The van der Waals surface area contributed by atoms with E-state index in [1.807, 2.05) is 0 Å². The van der Waals surface area contributed by atoms with Gasteiger partial charge in [0.25, 0.3) is 0 Å². The Bertz CT molecular complexity index is 232. The number of hydrogen-bond acceptors (Lipinski definition) is 3. The van der Waals surface area contributed by atoms with Gasteiger partial charge in [-0.15, -0.1) is 0 Å². The summed E-state index contributed by atoms with van der Waals surface area (Å²) in [5.41, 5.74) is 0. The third kappa shape index (κ3) is 1.73. The van der Waals surface area contributed by atoms with Crippen molar-refractivity contribution in [3.63, 3.8) is 0 Å². The molecule has 50 valence electrons. The fourth-order valence-electron chi connectivity index (χ4n) is 0.413. The monoisotopic (exact) mass is 147 g/mol. The van der Waals surface area contributed by atoms with Gasteiger partial charge in [0.2, 0.25) is 16.8 Å². The number of aromatic nitrogens is 2. The van der Waals surface area contributed by atoms with Crippen LogP contribution in [0.2, 0.25) is 0 Å². The number of nitrogens with zero attached hydrogens (tertiary/aromatic N) is 1. The van der Waals surface area contributed by atoms with Crippen LogP contribution in [-0.2, 0) is 10.9 Å². The number of hydrogen-bond donors (Lipinski definition) is 3. The SMILES string of the molecule is O=[SH](=O)Nc1ncc[nH]1. The molecule has 1 aromatic heterocycles. The van der Waals surface area contributed by atoms with Crippen LogP contribution >= 0.6 is 0 Å². The van der Waals surface area contributed by atoms with Crippen LogP contribution < -0.4 is 4.72 Å². The minimum atomic E-state index is -2.59. The first-order valence-electron chi connectivity index (χ1n) is 2.19. The fourth-order valence-corrected chi connectivity index (χ4v) is 0.708. The molecule has 0 spiro atoms. The molecule has 0 fully saturated rings. The van der Waals surface area contributed by atoms with Gasteiger partial charge in [0.05, 0.1) is 0 Å². The lowest BCUT2D eigenvalue weighted by molar-refractivity contribution is 0.618. The zero-order chi connectivity index (χ0) is 6.69. The van der Waals surface area contributed by atoms with Crippen molar-refractivity contribution in [2.45, 2.75) is 0 Å². The number of rotatable bonds is 2. The van der Waals surface area contributed by atoms with Crippen LogP contribution in [0, 0.1) is 0 Å². The van der Waals surface area contributed by atoms with Crippen LogP contribution in [0.5, 0.6) is 0 Å². The van der Waals surface area contributed by atoms with Crippen LogP contribution in [0.25, 0.3) is 0 Å². The minimum absolute atomic E-state index is 0.242. The van der Waals surface area contributed by atoms with Crippen molar-refractivity contribution in [1.82, 2.24) is 9.97 Å². The van der Waals surface area contributed by atoms with E-state index in [9.17, 15) is 8.42 Å². The minimum Gasteiger partial charge on any atom is -0.330 e. The van der Waals surface area contributed by atoms with Gasteiger partial charge in [0.1, 0.15) is 0 Å². The highest BCUT2D eigenvalue weighted by atomic mass is 32.2. The van der Waals surface area contributed by atoms with Gasteiger partial charge in [-0.2, -0.15) is 0 Å². The molecule has 0 aliphatic rings. The summed E-state index contributed by atoms with van der Waals surface area (Å²) in [4.78, 5) is 6.17. The van der Waals surface area contributed by atoms with Crippen LogP contribution in [0.1, 0.15) is 0 Å². The molecule has 0 atom stereocenters. The Hall–Kier alpha value is -1.04. The fraction of sp³-hybridized carbons (Fsp3) is 0. The summed E-state index contributed by atoms with van der Waals surface area (Å²) in [7, 11) is -2.59. The zero-order valence-electron chi connectivity index (χ0n) is 4.37. The lowest BCUT2D eigenvalue weighted by Gasteiger charge is -1.86. The highest BCUT2D eigenvalue weighted by molar-refractivity contribution is 7.73. The van der Waals surface area contributed by atoms with E-state index >= 15 is 0 Å². The molecule has 0 bridgehead atoms. The molecule has 0 saturated carbocycles. The van der Waals surface area contributed by atoms with Gasteiger partial charge in [-0.05, 0) is 0 Å². The highest BCUT2D eigenvalue weighted by Gasteiger charge is 1.88. The molecule has 0 aromatic carbocycles. The van der Waals surface area contributed by atoms with Gasteiger partial charge < -0.3 is 4.98 Å². The Labute approximate surface area is 53.2 Å². The molecule has 1 heterocycles. The van der Waals surface area contributed by atoms with Crippen molar-refractivity contribution >= 4 is 16.8 Å². The van der Waals surface area contributed by atoms with E-state index < -0.39 is 10.9 Å². The number of aromatic amines is 1. The van der Waals surface area contributed by atoms with Crippen molar-refractivity contribution in [2.24, 2.45) is 0 Å². The lowest BCUT2D eigenvalue weighted by Crippen LogP contribution is -1.95. The van der Waals surface area contributed by atoms with Crippen molar-refractivity contribution in [3.05, 3.63) is 12.4 Å². The molecule has 9 heavy (non-hydrogen) atoms. The molecule has 5 nitrogen and oxygen atoms in total. The second-order valence-corrected chi connectivity index (χ2v) is 2.04. The average Bonchev–Trinajstić information content (AvgIpc) is 2.15. The number of anilines is 1. The quantitative estimate of drug-likeness (QED) is 0.486. The lowest BCUT2D eigenvalue weighted by atomic mass is 11.0. The van der Waals surface area contributed by atoms with E-state index in [-0.39, 0.29) is 5.95 Å². The summed E-state index contributed by atoms with van der Waals surface area (Å²) in [5.74, 6) is 0.242. The Balaban J connectivity index is 2.68. The summed E-state index contributed by atoms with van der Waals surface area (Å²) in [6, 6.07) is 0. The van der Waals surface area contributed by atoms with Crippen molar-refractivity contribution in [3.8, 4) is 0 Å². The maximum Gasteiger partial charge on any atom is 0.224 e. The maximum absolute atomic E-state index is 9.93. The van der Waals surface area contributed by atoms with Gasteiger partial charge in [-0.3, -0.25) is 4.72 Å². The highest BCUT2D eigenvalue weighted by Crippen LogP contribution is 1.91. The smallest absolute Gasteiger partial charge is 0.224 e. The van der Waals surface area contributed by atoms with E-state index in [4.69, 9.17) is 0 Å². The normalized spacial score (nSPS) is 9.89. The number of nitrogens with one attached hydrogen (secondary N) is 2. The average molecular weight is 147 g/mol. The standard InChI is InChI=1S/C3H5N3O2S/c7-9(8)6-3-4-1-2-5-3/h1-2,9H,(H2,4,5,6,7,8). The van der Waals surface area contributed by atoms with Gasteiger partial charge in [-0.25, -0.2) is 13.4 Å². The zero-order valence-corrected chi connectivity index (χ0v) is 5.26. The van der Waals surface area contributed by atoms with E-state index in [1.54, 1.807) is 0 Å². The van der Waals surface area contributed by atoms with E-state index in [2.05, 4.69) is 14.7 Å². The summed E-state index contributed by atoms with van der Waals surface area (Å²) >= 11 is 0. The first-order valence-corrected chi connectivity index (χ1v) is 3.37. The van der Waals surface area contributed by atoms with Crippen LogP contribution in [0.15, 0.2) is 12.4 Å². The first kappa shape index (κ1) is 6.09. The number of H-pyrrole nitrogens is 1. The maximum atomic E-state index is 9.93. The number of thiol groups is 1. The molecule has 1 aromatic rings. The van der Waals surface area contributed by atoms with Crippen molar-refractivity contribution in [2.75, 3.05) is 4.72 Å². The second-order valence-electron chi connectivity index (χ2n) is 1.31. The Morgan fingerprint density at radius 3 is 2.89 bits per heavy atom. The van der Waals surface area contributed by atoms with E-state index in [1.165, 1.54) is 12.4 Å². The summed E-state index contributed by atoms with van der Waals surface area (Å²) < 4.78 is 21.9. The van der Waals surface area contributed by atoms with Gasteiger partial charge in [0, 0.05) is 12.4 Å². The molecule has 1 rings (SSSR count). The van der Waals surface area contributed by atoms with Gasteiger partial charge in [-0.1, -0.05) is 0 Å². The van der Waals surface area contributed by atoms with E-state index in [0.29, 0.717) is 0 Å². The van der Waals surface area contributed by atoms with Crippen molar-refractivity contribution < 1.29 is 8.42 Å². The van der Waals surface area contributed by atoms with E-state index in [0.717, 1.165) is 0 Å². The third-order valence-electron chi connectivity index (χ3n) is 0.695. The molecule has 0 aliphatic carbocycles. The summed E-state index contributed by atoms with van der Waals surface area (Å²) in [6.07, 6.45) is 2.99. The first-order chi connectivity index (χ1) is 4.29. The van der Waals surface area contributed by atoms with Crippen LogP contribution in [0.4, 0.5) is 5.95 Å². The summed E-state index contributed by atoms with van der Waals surface area (Å²) in [5, 5.41) is 0. The molecule has 6 heteroatoms. The number of imidazole rings is 1. The summed E-state index contributed by atoms with van der Waals surface area (Å²) in [6.45, 7) is 0. The second kappa shape index (κ2) is 2.49. The third-order valence-corrected chi connectivity index (χ3v) is 1.09. The molecule has 0 amide bonds. The van der Waals surface area contributed by atoms with Gasteiger partial charge in [0.15, 0.2) is 0 Å². The molecule has 0 radical (unpaired) electrons. The molecular formula is C3H5N3O2S. The molecule has 2 N–H and O–H groups in total. The van der Waals surface area contributed by atoms with Gasteiger partial charge >= 0.3 is 0 Å².